The fourth-order valence-corrected chi connectivity index (χ4v) is 3.15. The zero-order valence-corrected chi connectivity index (χ0v) is 14.1. The van der Waals surface area contributed by atoms with Crippen molar-refractivity contribution >= 4 is 29.2 Å². The number of aryl methyl sites for hydroxylation is 1. The maximum atomic E-state index is 12.6. The van der Waals surface area contributed by atoms with Crippen LogP contribution < -0.4 is 10.6 Å². The molecule has 2 N–H and O–H groups in total. The van der Waals surface area contributed by atoms with Crippen molar-refractivity contribution in [1.29, 1.82) is 0 Å². The maximum absolute atomic E-state index is 12.6. The number of nitrogens with zero attached hydrogens (tertiary/aromatic N) is 1. The van der Waals surface area contributed by atoms with Gasteiger partial charge in [-0.1, -0.05) is 6.07 Å². The number of imide groups is 1. The Balaban J connectivity index is 1.67. The van der Waals surface area contributed by atoms with Gasteiger partial charge in [-0.3, -0.25) is 14.5 Å². The van der Waals surface area contributed by atoms with Crippen molar-refractivity contribution in [3.63, 3.8) is 0 Å². The zero-order valence-electron chi connectivity index (χ0n) is 13.3. The maximum Gasteiger partial charge on any atom is 0.325 e. The Morgan fingerprint density at radius 2 is 2.17 bits per heavy atom. The van der Waals surface area contributed by atoms with Crippen LogP contribution in [0.15, 0.2) is 34.1 Å². The van der Waals surface area contributed by atoms with E-state index in [2.05, 4.69) is 10.6 Å². The molecule has 0 aromatic carbocycles. The average molecular weight is 347 g/mol. The average Bonchev–Trinajstić information content (AvgIpc) is 3.24. The fourth-order valence-electron chi connectivity index (χ4n) is 2.51. The Hall–Kier alpha value is -2.61. The summed E-state index contributed by atoms with van der Waals surface area (Å²) in [6, 6.07) is 6.54. The van der Waals surface area contributed by atoms with Crippen molar-refractivity contribution in [1.82, 2.24) is 15.5 Å². The highest BCUT2D eigenvalue weighted by Gasteiger charge is 2.51. The van der Waals surface area contributed by atoms with Crippen molar-refractivity contribution < 1.29 is 18.8 Å². The minimum Gasteiger partial charge on any atom is -0.463 e. The van der Waals surface area contributed by atoms with Crippen molar-refractivity contribution in [3.8, 4) is 0 Å². The second-order valence-corrected chi connectivity index (χ2v) is 6.75. The highest BCUT2D eigenvalue weighted by Crippen LogP contribution is 2.29. The quantitative estimate of drug-likeness (QED) is 0.806. The van der Waals surface area contributed by atoms with Gasteiger partial charge in [0.2, 0.25) is 5.91 Å². The van der Waals surface area contributed by atoms with E-state index in [-0.39, 0.29) is 6.54 Å². The SMILES string of the molecule is Cc1ccc([C@@]2(C)NC(=O)N(CC(=O)NCc3cccs3)C2=O)o1. The number of nitrogens with one attached hydrogen (secondary N) is 2. The van der Waals surface area contributed by atoms with Crippen LogP contribution >= 0.6 is 11.3 Å². The van der Waals surface area contributed by atoms with E-state index in [0.29, 0.717) is 18.1 Å². The summed E-state index contributed by atoms with van der Waals surface area (Å²) in [6.07, 6.45) is 0. The molecule has 1 saturated heterocycles. The van der Waals surface area contributed by atoms with Gasteiger partial charge in [0.25, 0.3) is 5.91 Å². The lowest BCUT2D eigenvalue weighted by molar-refractivity contribution is -0.135. The number of thiophene rings is 1. The molecule has 3 heterocycles. The number of amides is 4. The third kappa shape index (κ3) is 2.92. The molecule has 2 aromatic rings. The molecule has 0 aliphatic carbocycles. The van der Waals surface area contributed by atoms with E-state index in [0.717, 1.165) is 9.78 Å². The first kappa shape index (κ1) is 16.3. The fraction of sp³-hybridized carbons (Fsp3) is 0.312. The molecule has 4 amide bonds. The number of urea groups is 1. The number of hydrogen-bond acceptors (Lipinski definition) is 5. The lowest BCUT2D eigenvalue weighted by atomic mass is 9.99. The van der Waals surface area contributed by atoms with Crippen molar-refractivity contribution in [2.75, 3.05) is 6.54 Å². The standard InChI is InChI=1S/C16H17N3O4S/c1-10-5-6-12(23-10)16(2)14(21)19(15(22)18-16)9-13(20)17-8-11-4-3-7-24-11/h3-7H,8-9H2,1-2H3,(H,17,20)(H,18,22)/t16-/m1/s1. The normalized spacial score (nSPS) is 20.3. The molecule has 1 fully saturated rings. The van der Waals surface area contributed by atoms with E-state index >= 15 is 0 Å². The van der Waals surface area contributed by atoms with Crippen LogP contribution in [0.5, 0.6) is 0 Å². The van der Waals surface area contributed by atoms with Crippen LogP contribution in [-0.4, -0.2) is 29.3 Å². The molecule has 1 aliphatic rings. The summed E-state index contributed by atoms with van der Waals surface area (Å²) in [5, 5.41) is 7.21. The van der Waals surface area contributed by atoms with Crippen LogP contribution in [-0.2, 0) is 21.7 Å². The minimum atomic E-state index is -1.29. The molecule has 2 aromatic heterocycles. The van der Waals surface area contributed by atoms with Crippen molar-refractivity contribution in [3.05, 3.63) is 46.0 Å². The third-order valence-electron chi connectivity index (χ3n) is 3.85. The summed E-state index contributed by atoms with van der Waals surface area (Å²) in [4.78, 5) is 38.7. The number of rotatable bonds is 5. The van der Waals surface area contributed by atoms with Crippen LogP contribution in [0.4, 0.5) is 4.79 Å². The molecular weight excluding hydrogens is 330 g/mol. The van der Waals surface area contributed by atoms with E-state index in [1.165, 1.54) is 11.3 Å². The molecule has 24 heavy (non-hydrogen) atoms. The van der Waals surface area contributed by atoms with Gasteiger partial charge in [-0.15, -0.1) is 11.3 Å². The molecular formula is C16H17N3O4S. The highest BCUT2D eigenvalue weighted by molar-refractivity contribution is 7.09. The van der Waals surface area contributed by atoms with Crippen LogP contribution in [0.1, 0.15) is 23.3 Å². The summed E-state index contributed by atoms with van der Waals surface area (Å²) >= 11 is 1.52. The molecule has 7 nitrogen and oxygen atoms in total. The van der Waals surface area contributed by atoms with E-state index in [4.69, 9.17) is 4.42 Å². The Bertz CT molecular complexity index is 783. The monoisotopic (exact) mass is 347 g/mol. The lowest BCUT2D eigenvalue weighted by Crippen LogP contribution is -2.43. The van der Waals surface area contributed by atoms with Gasteiger partial charge in [-0.2, -0.15) is 0 Å². The third-order valence-corrected chi connectivity index (χ3v) is 4.73. The van der Waals surface area contributed by atoms with Gasteiger partial charge in [-0.05, 0) is 37.4 Å². The van der Waals surface area contributed by atoms with Crippen LogP contribution in [0.2, 0.25) is 0 Å². The summed E-state index contributed by atoms with van der Waals surface area (Å²) < 4.78 is 5.48. The molecule has 0 unspecified atom stereocenters. The topological polar surface area (TPSA) is 91.7 Å². The molecule has 0 radical (unpaired) electrons. The Kier molecular flexibility index (Phi) is 4.15. The van der Waals surface area contributed by atoms with Crippen LogP contribution in [0, 0.1) is 6.92 Å². The van der Waals surface area contributed by atoms with Gasteiger partial charge in [0.05, 0.1) is 6.54 Å². The predicted molar refractivity (Wildman–Crippen MR) is 87.2 cm³/mol. The largest absolute Gasteiger partial charge is 0.463 e. The van der Waals surface area contributed by atoms with Gasteiger partial charge < -0.3 is 15.1 Å². The summed E-state index contributed by atoms with van der Waals surface area (Å²) in [6.45, 7) is 3.36. The first-order valence-electron chi connectivity index (χ1n) is 7.40. The lowest BCUT2D eigenvalue weighted by Gasteiger charge is -2.19. The molecule has 1 aliphatic heterocycles. The summed E-state index contributed by atoms with van der Waals surface area (Å²) in [5.74, 6) is 0.0835. The summed E-state index contributed by atoms with van der Waals surface area (Å²) in [5.41, 5.74) is -1.29. The van der Waals surface area contributed by atoms with E-state index in [1.807, 2.05) is 17.5 Å². The number of carbonyl (C=O) groups excluding carboxylic acids is 3. The van der Waals surface area contributed by atoms with E-state index in [1.54, 1.807) is 26.0 Å². The van der Waals surface area contributed by atoms with Crippen LogP contribution in [0.3, 0.4) is 0 Å². The predicted octanol–water partition coefficient (Wildman–Crippen LogP) is 1.73. The number of hydrogen-bond donors (Lipinski definition) is 2. The number of carbonyl (C=O) groups is 3. The molecule has 0 spiro atoms. The molecule has 1 atom stereocenters. The Morgan fingerprint density at radius 1 is 1.38 bits per heavy atom. The molecule has 0 bridgehead atoms. The molecule has 0 saturated carbocycles. The van der Waals surface area contributed by atoms with E-state index < -0.39 is 23.4 Å². The van der Waals surface area contributed by atoms with Gasteiger partial charge in [0.15, 0.2) is 5.54 Å². The van der Waals surface area contributed by atoms with Gasteiger partial charge in [0.1, 0.15) is 18.1 Å². The Labute approximate surface area is 142 Å². The minimum absolute atomic E-state index is 0.328. The molecule has 8 heteroatoms. The molecule has 126 valence electrons. The first-order valence-corrected chi connectivity index (χ1v) is 8.28. The van der Waals surface area contributed by atoms with Gasteiger partial charge >= 0.3 is 6.03 Å². The zero-order chi connectivity index (χ0) is 17.3. The van der Waals surface area contributed by atoms with Gasteiger partial charge in [0, 0.05) is 4.88 Å². The van der Waals surface area contributed by atoms with E-state index in [9.17, 15) is 14.4 Å². The van der Waals surface area contributed by atoms with Crippen molar-refractivity contribution in [2.24, 2.45) is 0 Å². The smallest absolute Gasteiger partial charge is 0.325 e. The number of furan rings is 1. The second-order valence-electron chi connectivity index (χ2n) is 5.71. The summed E-state index contributed by atoms with van der Waals surface area (Å²) in [7, 11) is 0. The van der Waals surface area contributed by atoms with Crippen molar-refractivity contribution in [2.45, 2.75) is 25.9 Å². The highest BCUT2D eigenvalue weighted by atomic mass is 32.1. The molecule has 3 rings (SSSR count). The Morgan fingerprint density at radius 3 is 2.79 bits per heavy atom. The van der Waals surface area contributed by atoms with Crippen LogP contribution in [0.25, 0.3) is 0 Å². The second kappa shape index (κ2) is 6.12. The van der Waals surface area contributed by atoms with Gasteiger partial charge in [-0.25, -0.2) is 4.79 Å². The first-order chi connectivity index (χ1) is 11.4.